The highest BCUT2D eigenvalue weighted by atomic mass is 16.3. The van der Waals surface area contributed by atoms with E-state index in [9.17, 15) is 0 Å². The largest absolute Gasteiger partial charge is 0.465 e. The first kappa shape index (κ1) is 11.1. The van der Waals surface area contributed by atoms with Gasteiger partial charge in [-0.2, -0.15) is 0 Å². The molecule has 0 aliphatic carbocycles. The molecule has 0 bridgehead atoms. The van der Waals surface area contributed by atoms with Crippen LogP contribution in [0.4, 0.5) is 0 Å². The first-order valence-corrected chi connectivity index (χ1v) is 4.49. The van der Waals surface area contributed by atoms with E-state index >= 15 is 0 Å². The maximum Gasteiger partial charge on any atom is 0.198 e. The van der Waals surface area contributed by atoms with Crippen molar-refractivity contribution in [2.75, 3.05) is 7.05 Å². The molecular formula is C9H15N5O. The zero-order valence-corrected chi connectivity index (χ0v) is 8.79. The summed E-state index contributed by atoms with van der Waals surface area (Å²) in [4.78, 5) is 3.88. The summed E-state index contributed by atoms with van der Waals surface area (Å²) >= 11 is 0. The number of hydrogen-bond acceptors (Lipinski definition) is 3. The van der Waals surface area contributed by atoms with Gasteiger partial charge >= 0.3 is 0 Å². The van der Waals surface area contributed by atoms with Crippen molar-refractivity contribution in [2.24, 2.45) is 10.7 Å². The molecule has 0 fully saturated rings. The van der Waals surface area contributed by atoms with Gasteiger partial charge in [-0.15, -0.1) is 0 Å². The quantitative estimate of drug-likeness (QED) is 0.411. The van der Waals surface area contributed by atoms with Crippen LogP contribution in [0.1, 0.15) is 11.5 Å². The van der Waals surface area contributed by atoms with Gasteiger partial charge < -0.3 is 15.5 Å². The number of furan rings is 1. The Morgan fingerprint density at radius 3 is 2.80 bits per heavy atom. The molecule has 1 heterocycles. The summed E-state index contributed by atoms with van der Waals surface area (Å²) in [6, 6.07) is 3.77. The minimum absolute atomic E-state index is 0.154. The molecule has 6 nitrogen and oxygen atoms in total. The van der Waals surface area contributed by atoms with Gasteiger partial charge in [0.1, 0.15) is 11.5 Å². The Hall–Kier alpha value is -1.98. The zero-order valence-electron chi connectivity index (χ0n) is 8.79. The minimum Gasteiger partial charge on any atom is -0.465 e. The van der Waals surface area contributed by atoms with Crippen LogP contribution in [0.2, 0.25) is 0 Å². The van der Waals surface area contributed by atoms with Gasteiger partial charge in [0.15, 0.2) is 11.9 Å². The molecule has 0 amide bonds. The van der Waals surface area contributed by atoms with E-state index in [2.05, 4.69) is 15.6 Å². The van der Waals surface area contributed by atoms with Crippen LogP contribution >= 0.6 is 0 Å². The van der Waals surface area contributed by atoms with Gasteiger partial charge in [0.25, 0.3) is 0 Å². The molecule has 0 radical (unpaired) electrons. The third-order valence-corrected chi connectivity index (χ3v) is 1.70. The van der Waals surface area contributed by atoms with E-state index in [1.165, 1.54) is 0 Å². The van der Waals surface area contributed by atoms with Crippen molar-refractivity contribution in [3.63, 3.8) is 0 Å². The summed E-state index contributed by atoms with van der Waals surface area (Å²) in [5.74, 6) is 1.95. The molecule has 15 heavy (non-hydrogen) atoms. The van der Waals surface area contributed by atoms with E-state index in [0.717, 1.165) is 11.5 Å². The van der Waals surface area contributed by atoms with Gasteiger partial charge in [0, 0.05) is 7.05 Å². The summed E-state index contributed by atoms with van der Waals surface area (Å²) in [7, 11) is 1.60. The lowest BCUT2D eigenvalue weighted by Gasteiger charge is -2.08. The van der Waals surface area contributed by atoms with E-state index in [4.69, 9.17) is 15.6 Å². The Bertz CT molecular complexity index is 368. The van der Waals surface area contributed by atoms with Crippen LogP contribution in [-0.4, -0.2) is 19.0 Å². The van der Waals surface area contributed by atoms with Crippen molar-refractivity contribution in [3.05, 3.63) is 23.7 Å². The van der Waals surface area contributed by atoms with E-state index < -0.39 is 0 Å². The Balaban J connectivity index is 2.45. The van der Waals surface area contributed by atoms with Crippen molar-refractivity contribution >= 4 is 11.9 Å². The van der Waals surface area contributed by atoms with Crippen molar-refractivity contribution in [2.45, 2.75) is 13.5 Å². The van der Waals surface area contributed by atoms with Crippen molar-refractivity contribution < 1.29 is 4.42 Å². The zero-order chi connectivity index (χ0) is 11.3. The number of hydrogen-bond donors (Lipinski definition) is 4. The maximum atomic E-state index is 7.04. The van der Waals surface area contributed by atoms with Crippen molar-refractivity contribution in [1.29, 1.82) is 5.41 Å². The Morgan fingerprint density at radius 2 is 2.33 bits per heavy atom. The molecule has 1 rings (SSSR count). The first-order valence-electron chi connectivity index (χ1n) is 4.49. The molecular weight excluding hydrogens is 194 g/mol. The number of aliphatic imine (C=N–C) groups is 1. The van der Waals surface area contributed by atoms with E-state index in [1.807, 2.05) is 19.1 Å². The summed E-state index contributed by atoms with van der Waals surface area (Å²) in [6.07, 6.45) is 0. The highest BCUT2D eigenvalue weighted by Crippen LogP contribution is 2.04. The lowest BCUT2D eigenvalue weighted by Crippen LogP contribution is -2.43. The second kappa shape index (κ2) is 5.04. The monoisotopic (exact) mass is 209 g/mol. The molecule has 0 aromatic carbocycles. The average molecular weight is 209 g/mol. The van der Waals surface area contributed by atoms with Gasteiger partial charge in [-0.1, -0.05) is 0 Å². The fraction of sp³-hybridized carbons (Fsp3) is 0.333. The summed E-state index contributed by atoms with van der Waals surface area (Å²) < 4.78 is 5.35. The average Bonchev–Trinajstić information content (AvgIpc) is 2.58. The Kier molecular flexibility index (Phi) is 3.73. The number of nitrogens with one attached hydrogen (secondary N) is 3. The topological polar surface area (TPSA) is 99.4 Å². The van der Waals surface area contributed by atoms with E-state index in [1.54, 1.807) is 7.05 Å². The molecule has 0 saturated carbocycles. The molecule has 5 N–H and O–H groups in total. The maximum absolute atomic E-state index is 7.04. The molecule has 0 saturated heterocycles. The number of rotatable bonds is 2. The molecule has 0 spiro atoms. The standard InChI is InChI=1S/C9H15N5O/c1-6-3-4-7(15-6)5-13-9(12-2)14-8(10)11/h3-4H,5H2,1-2H3,(H5,10,11,12,13,14). The molecule has 0 atom stereocenters. The van der Waals surface area contributed by atoms with Crippen molar-refractivity contribution in [3.8, 4) is 0 Å². The second-order valence-corrected chi connectivity index (χ2v) is 2.98. The number of aryl methyl sites for hydroxylation is 1. The number of guanidine groups is 2. The van der Waals surface area contributed by atoms with Crippen LogP contribution in [-0.2, 0) is 6.54 Å². The highest BCUT2D eigenvalue weighted by Gasteiger charge is 2.01. The van der Waals surface area contributed by atoms with Gasteiger partial charge in [0.05, 0.1) is 6.54 Å². The lowest BCUT2D eigenvalue weighted by molar-refractivity contribution is 0.477. The molecule has 0 aliphatic heterocycles. The summed E-state index contributed by atoms with van der Waals surface area (Å²) in [5, 5.41) is 12.6. The molecule has 0 aliphatic rings. The third-order valence-electron chi connectivity index (χ3n) is 1.70. The van der Waals surface area contributed by atoms with Crippen LogP contribution in [0.15, 0.2) is 21.5 Å². The number of nitrogens with two attached hydrogens (primary N) is 1. The van der Waals surface area contributed by atoms with Gasteiger partial charge in [-0.05, 0) is 19.1 Å². The smallest absolute Gasteiger partial charge is 0.198 e. The second-order valence-electron chi connectivity index (χ2n) is 2.98. The predicted molar refractivity (Wildman–Crippen MR) is 58.7 cm³/mol. The van der Waals surface area contributed by atoms with Crippen LogP contribution < -0.4 is 16.4 Å². The third kappa shape index (κ3) is 3.72. The molecule has 1 aromatic rings. The van der Waals surface area contributed by atoms with Crippen LogP contribution in [0.5, 0.6) is 0 Å². The van der Waals surface area contributed by atoms with E-state index in [0.29, 0.717) is 12.5 Å². The van der Waals surface area contributed by atoms with Gasteiger partial charge in [-0.3, -0.25) is 15.7 Å². The SMILES string of the molecule is C/N=C(/NCc1ccc(C)o1)NC(=N)N. The highest BCUT2D eigenvalue weighted by molar-refractivity contribution is 5.96. The molecule has 82 valence electrons. The molecule has 0 unspecified atom stereocenters. The molecule has 1 aromatic heterocycles. The summed E-state index contributed by atoms with van der Waals surface area (Å²) in [5.41, 5.74) is 5.17. The van der Waals surface area contributed by atoms with Gasteiger partial charge in [0.2, 0.25) is 0 Å². The van der Waals surface area contributed by atoms with E-state index in [-0.39, 0.29) is 5.96 Å². The van der Waals surface area contributed by atoms with Gasteiger partial charge in [-0.25, -0.2) is 0 Å². The number of nitrogens with zero attached hydrogens (tertiary/aromatic N) is 1. The Morgan fingerprint density at radius 1 is 1.60 bits per heavy atom. The normalized spacial score (nSPS) is 11.2. The molecule has 6 heteroatoms. The first-order chi connectivity index (χ1) is 7.11. The van der Waals surface area contributed by atoms with Crippen molar-refractivity contribution in [1.82, 2.24) is 10.6 Å². The summed E-state index contributed by atoms with van der Waals surface area (Å²) in [6.45, 7) is 2.38. The fourth-order valence-corrected chi connectivity index (χ4v) is 1.06. The predicted octanol–water partition coefficient (Wildman–Crippen LogP) is 0.146. The fourth-order valence-electron chi connectivity index (χ4n) is 1.06. The lowest BCUT2D eigenvalue weighted by atomic mass is 10.4. The minimum atomic E-state index is -0.154. The Labute approximate surface area is 88.1 Å². The van der Waals surface area contributed by atoms with Crippen LogP contribution in [0, 0.1) is 12.3 Å². The van der Waals surface area contributed by atoms with Crippen LogP contribution in [0.3, 0.4) is 0 Å². The van der Waals surface area contributed by atoms with Crippen LogP contribution in [0.25, 0.3) is 0 Å².